The monoisotopic (exact) mass is 218 g/mol. The fourth-order valence-electron chi connectivity index (χ4n) is 1.31. The summed E-state index contributed by atoms with van der Waals surface area (Å²) in [7, 11) is 0. The van der Waals surface area contributed by atoms with Crippen molar-refractivity contribution in [1.82, 2.24) is 0 Å². The zero-order valence-corrected chi connectivity index (χ0v) is 9.04. The van der Waals surface area contributed by atoms with E-state index in [1.807, 2.05) is 6.92 Å². The minimum atomic E-state index is -0.807. The van der Waals surface area contributed by atoms with E-state index in [1.165, 1.54) is 6.92 Å². The van der Waals surface area contributed by atoms with Crippen LogP contribution in [0, 0.1) is 18.6 Å². The van der Waals surface area contributed by atoms with Crippen molar-refractivity contribution in [3.05, 3.63) is 34.9 Å². The van der Waals surface area contributed by atoms with Gasteiger partial charge in [-0.1, -0.05) is 25.5 Å². The first kappa shape index (κ1) is 11.4. The lowest BCUT2D eigenvalue weighted by Gasteiger charge is -2.10. The highest BCUT2D eigenvalue weighted by Gasteiger charge is 2.16. The van der Waals surface area contributed by atoms with Crippen LogP contribution in [0.3, 0.4) is 0 Å². The van der Waals surface area contributed by atoms with E-state index in [4.69, 9.17) is 11.6 Å². The van der Waals surface area contributed by atoms with Crippen LogP contribution in [0.25, 0.3) is 0 Å². The van der Waals surface area contributed by atoms with Gasteiger partial charge in [0.15, 0.2) is 11.6 Å². The minimum absolute atomic E-state index is 0.261. The molecule has 0 radical (unpaired) electrons. The van der Waals surface area contributed by atoms with Gasteiger partial charge in [-0.3, -0.25) is 0 Å². The predicted molar refractivity (Wildman–Crippen MR) is 54.6 cm³/mol. The van der Waals surface area contributed by atoms with Gasteiger partial charge >= 0.3 is 0 Å². The molecule has 78 valence electrons. The fourth-order valence-corrected chi connectivity index (χ4v) is 1.70. The Kier molecular flexibility index (Phi) is 3.87. The second kappa shape index (κ2) is 4.74. The van der Waals surface area contributed by atoms with E-state index >= 15 is 0 Å². The summed E-state index contributed by atoms with van der Waals surface area (Å²) in [6.07, 6.45) is 1.50. The van der Waals surface area contributed by atoms with Crippen molar-refractivity contribution in [2.45, 2.75) is 32.1 Å². The Balaban J connectivity index is 3.04. The molecule has 1 unspecified atom stereocenters. The molecule has 1 aromatic carbocycles. The van der Waals surface area contributed by atoms with Gasteiger partial charge in [-0.05, 0) is 18.9 Å². The van der Waals surface area contributed by atoms with Crippen molar-refractivity contribution in [1.29, 1.82) is 0 Å². The zero-order valence-electron chi connectivity index (χ0n) is 8.28. The Morgan fingerprint density at radius 3 is 2.50 bits per heavy atom. The molecule has 0 heterocycles. The van der Waals surface area contributed by atoms with Gasteiger partial charge in [-0.15, -0.1) is 11.6 Å². The second-order valence-electron chi connectivity index (χ2n) is 3.36. The highest BCUT2D eigenvalue weighted by atomic mass is 35.5. The summed E-state index contributed by atoms with van der Waals surface area (Å²) in [6, 6.07) is 3.11. The predicted octanol–water partition coefficient (Wildman–Crippen LogP) is 4.35. The van der Waals surface area contributed by atoms with E-state index < -0.39 is 17.0 Å². The van der Waals surface area contributed by atoms with E-state index in [0.29, 0.717) is 12.0 Å². The van der Waals surface area contributed by atoms with Gasteiger partial charge in [0.2, 0.25) is 0 Å². The Bertz CT molecular complexity index is 323. The summed E-state index contributed by atoms with van der Waals surface area (Å²) in [5.41, 5.74) is 0.572. The number of hydrogen-bond donors (Lipinski definition) is 0. The molecular weight excluding hydrogens is 206 g/mol. The van der Waals surface area contributed by atoms with Crippen LogP contribution in [-0.2, 0) is 0 Å². The Morgan fingerprint density at radius 1 is 1.29 bits per heavy atom. The maximum Gasteiger partial charge on any atom is 0.163 e. The van der Waals surface area contributed by atoms with Crippen molar-refractivity contribution >= 4 is 11.6 Å². The average Bonchev–Trinajstić information content (AvgIpc) is 2.15. The maximum absolute atomic E-state index is 13.4. The van der Waals surface area contributed by atoms with E-state index in [-0.39, 0.29) is 5.56 Å². The molecule has 1 aromatic rings. The smallest absolute Gasteiger partial charge is 0.163 e. The maximum atomic E-state index is 13.4. The van der Waals surface area contributed by atoms with Crippen LogP contribution in [0.5, 0.6) is 0 Å². The van der Waals surface area contributed by atoms with Crippen LogP contribution in [-0.4, -0.2) is 0 Å². The summed E-state index contributed by atoms with van der Waals surface area (Å²) < 4.78 is 26.5. The summed E-state index contributed by atoms with van der Waals surface area (Å²) in [5.74, 6) is -1.59. The van der Waals surface area contributed by atoms with Gasteiger partial charge < -0.3 is 0 Å². The lowest BCUT2D eigenvalue weighted by atomic mass is 10.0. The topological polar surface area (TPSA) is 0 Å². The molecular formula is C11H13ClF2. The van der Waals surface area contributed by atoms with E-state index in [1.54, 1.807) is 12.1 Å². The van der Waals surface area contributed by atoms with Crippen molar-refractivity contribution < 1.29 is 8.78 Å². The van der Waals surface area contributed by atoms with Gasteiger partial charge in [-0.25, -0.2) is 8.78 Å². The molecule has 0 aliphatic carbocycles. The van der Waals surface area contributed by atoms with Crippen molar-refractivity contribution in [2.24, 2.45) is 0 Å². The number of benzene rings is 1. The molecule has 1 rings (SSSR count). The highest BCUT2D eigenvalue weighted by Crippen LogP contribution is 2.29. The van der Waals surface area contributed by atoms with E-state index in [0.717, 1.165) is 6.42 Å². The molecule has 14 heavy (non-hydrogen) atoms. The molecule has 3 heteroatoms. The average molecular weight is 219 g/mol. The Labute approximate surface area is 87.9 Å². The third-order valence-electron chi connectivity index (χ3n) is 2.18. The first-order valence-corrected chi connectivity index (χ1v) is 5.10. The van der Waals surface area contributed by atoms with Crippen LogP contribution in [0.15, 0.2) is 12.1 Å². The molecule has 0 bridgehead atoms. The molecule has 0 aliphatic heterocycles. The number of halogens is 3. The normalized spacial score (nSPS) is 12.9. The molecule has 0 amide bonds. The standard InChI is InChI=1S/C11H13ClF2/c1-3-4-9(12)8-6-5-7(2)10(13)11(8)14/h5-6,9H,3-4H2,1-2H3. The third kappa shape index (κ3) is 2.24. The summed E-state index contributed by atoms with van der Waals surface area (Å²) in [4.78, 5) is 0. The van der Waals surface area contributed by atoms with Crippen molar-refractivity contribution in [2.75, 3.05) is 0 Å². The van der Waals surface area contributed by atoms with E-state index in [9.17, 15) is 8.78 Å². The molecule has 0 N–H and O–H groups in total. The van der Waals surface area contributed by atoms with Crippen molar-refractivity contribution in [3.63, 3.8) is 0 Å². The van der Waals surface area contributed by atoms with Crippen LogP contribution in [0.1, 0.15) is 36.3 Å². The molecule has 0 aromatic heterocycles. The second-order valence-corrected chi connectivity index (χ2v) is 3.88. The first-order chi connectivity index (χ1) is 6.57. The lowest BCUT2D eigenvalue weighted by Crippen LogP contribution is -1.99. The zero-order chi connectivity index (χ0) is 10.7. The number of rotatable bonds is 3. The minimum Gasteiger partial charge on any atom is -0.203 e. The summed E-state index contributed by atoms with van der Waals surface area (Å²) in [6.45, 7) is 3.49. The summed E-state index contributed by atoms with van der Waals surface area (Å²) >= 11 is 5.93. The largest absolute Gasteiger partial charge is 0.203 e. The van der Waals surface area contributed by atoms with Gasteiger partial charge in [-0.2, -0.15) is 0 Å². The SMILES string of the molecule is CCCC(Cl)c1ccc(C)c(F)c1F. The number of alkyl halides is 1. The van der Waals surface area contributed by atoms with Crippen LogP contribution >= 0.6 is 11.6 Å². The number of aryl methyl sites for hydroxylation is 1. The highest BCUT2D eigenvalue weighted by molar-refractivity contribution is 6.20. The fraction of sp³-hybridized carbons (Fsp3) is 0.455. The van der Waals surface area contributed by atoms with Gasteiger partial charge in [0, 0.05) is 5.56 Å². The van der Waals surface area contributed by atoms with Crippen LogP contribution in [0.4, 0.5) is 8.78 Å². The van der Waals surface area contributed by atoms with Gasteiger partial charge in [0.25, 0.3) is 0 Å². The van der Waals surface area contributed by atoms with E-state index in [2.05, 4.69) is 0 Å². The summed E-state index contributed by atoms with van der Waals surface area (Å²) in [5, 5.41) is -0.435. The van der Waals surface area contributed by atoms with Crippen LogP contribution < -0.4 is 0 Å². The molecule has 0 spiro atoms. The lowest BCUT2D eigenvalue weighted by molar-refractivity contribution is 0.490. The van der Waals surface area contributed by atoms with Gasteiger partial charge in [0.1, 0.15) is 0 Å². The number of hydrogen-bond acceptors (Lipinski definition) is 0. The third-order valence-corrected chi connectivity index (χ3v) is 2.64. The van der Waals surface area contributed by atoms with Gasteiger partial charge in [0.05, 0.1) is 5.38 Å². The Hall–Kier alpha value is -0.630. The van der Waals surface area contributed by atoms with Crippen molar-refractivity contribution in [3.8, 4) is 0 Å². The Morgan fingerprint density at radius 2 is 1.93 bits per heavy atom. The molecule has 0 saturated carbocycles. The molecule has 0 fully saturated rings. The molecule has 0 saturated heterocycles. The quantitative estimate of drug-likeness (QED) is 0.662. The van der Waals surface area contributed by atoms with Crippen LogP contribution in [0.2, 0.25) is 0 Å². The first-order valence-electron chi connectivity index (χ1n) is 4.66. The molecule has 1 atom stereocenters. The molecule has 0 aliphatic rings. The molecule has 0 nitrogen and oxygen atoms in total.